The van der Waals surface area contributed by atoms with E-state index >= 15 is 0 Å². The molecule has 0 radical (unpaired) electrons. The molecule has 1 aromatic carbocycles. The lowest BCUT2D eigenvalue weighted by Gasteiger charge is -2.45. The summed E-state index contributed by atoms with van der Waals surface area (Å²) in [5.41, 5.74) is 3.13. The summed E-state index contributed by atoms with van der Waals surface area (Å²) < 4.78 is 6.24. The topological polar surface area (TPSA) is 131 Å². The van der Waals surface area contributed by atoms with Crippen LogP contribution < -0.4 is 15.0 Å². The minimum Gasteiger partial charge on any atom is -0.465 e. The highest BCUT2D eigenvalue weighted by Crippen LogP contribution is 2.40. The van der Waals surface area contributed by atoms with Crippen molar-refractivity contribution in [1.29, 1.82) is 5.26 Å². The van der Waals surface area contributed by atoms with Crippen LogP contribution in [0.4, 0.5) is 10.5 Å². The minimum absolute atomic E-state index is 0.0325. The van der Waals surface area contributed by atoms with Gasteiger partial charge in [0.25, 0.3) is 0 Å². The summed E-state index contributed by atoms with van der Waals surface area (Å²) in [5.74, 6) is 0. The predicted molar refractivity (Wildman–Crippen MR) is 159 cm³/mol. The van der Waals surface area contributed by atoms with Gasteiger partial charge in [0.2, 0.25) is 0 Å². The highest BCUT2D eigenvalue weighted by molar-refractivity contribution is 6.34. The zero-order valence-corrected chi connectivity index (χ0v) is 24.7. The zero-order valence-electron chi connectivity index (χ0n) is 23.9. The monoisotopic (exact) mass is 590 g/mol. The summed E-state index contributed by atoms with van der Waals surface area (Å²) in [5, 5.41) is 25.9. The van der Waals surface area contributed by atoms with E-state index in [4.69, 9.17) is 26.3 Å². The third kappa shape index (κ3) is 4.97. The standard InChI is InChI=1S/C30H35ClN8O3/c1-19-5-3-7-22-25(19)24(15-34-27(22)31)38-13-8-21-23(16-38)35-28(42-17-20-6-4-12-37(20)2)36-26(21)30(9-10-32)18-33-11-14-39(30)29(40)41/h3,5,7,15,20,33H,4,6,8-9,11-14,16-18H2,1-2H3,(H,40,41)/t20-,30?/m0/s1. The van der Waals surface area contributed by atoms with E-state index < -0.39 is 11.6 Å². The summed E-state index contributed by atoms with van der Waals surface area (Å²) in [6, 6.07) is 8.75. The number of halogens is 1. The molecule has 2 N–H and O–H groups in total. The Hall–Kier alpha value is -3.72. The summed E-state index contributed by atoms with van der Waals surface area (Å²) in [4.78, 5) is 32.7. The number of piperazine rings is 1. The van der Waals surface area contributed by atoms with Crippen molar-refractivity contribution in [1.82, 2.24) is 30.1 Å². The Labute approximate surface area is 250 Å². The molecule has 3 aliphatic heterocycles. The Bertz CT molecular complexity index is 1560. The van der Waals surface area contributed by atoms with Crippen molar-refractivity contribution in [2.24, 2.45) is 0 Å². The predicted octanol–water partition coefficient (Wildman–Crippen LogP) is 3.71. The fourth-order valence-electron chi connectivity index (χ4n) is 6.75. The van der Waals surface area contributed by atoms with Gasteiger partial charge < -0.3 is 25.0 Å². The van der Waals surface area contributed by atoms with E-state index in [-0.39, 0.29) is 31.6 Å². The number of likely N-dealkylation sites (N-methyl/N-ethyl adjacent to an activating group) is 1. The van der Waals surface area contributed by atoms with Crippen molar-refractivity contribution in [3.05, 3.63) is 52.1 Å². The van der Waals surface area contributed by atoms with Crippen LogP contribution in [-0.4, -0.2) is 88.4 Å². The highest BCUT2D eigenvalue weighted by Gasteiger charge is 2.47. The SMILES string of the molecule is Cc1cccc2c(Cl)ncc(N3CCc4c(nc(OC[C@@H]5CCCN5C)nc4C4(CC#N)CNCCN4C(=O)O)C3)c12. The number of ether oxygens (including phenoxy) is 1. The maximum Gasteiger partial charge on any atom is 0.408 e. The Morgan fingerprint density at radius 3 is 2.93 bits per heavy atom. The van der Waals surface area contributed by atoms with Crippen LogP contribution in [-0.2, 0) is 18.5 Å². The third-order valence-corrected chi connectivity index (χ3v) is 9.30. The number of hydrogen-bond donors (Lipinski definition) is 2. The average molecular weight is 591 g/mol. The Morgan fingerprint density at radius 2 is 2.17 bits per heavy atom. The van der Waals surface area contributed by atoms with Gasteiger partial charge >= 0.3 is 12.1 Å². The number of carbonyl (C=O) groups is 1. The number of benzene rings is 1. The number of nitrogens with zero attached hydrogens (tertiary/aromatic N) is 7. The lowest BCUT2D eigenvalue weighted by atomic mass is 9.83. The average Bonchev–Trinajstić information content (AvgIpc) is 3.40. The molecular formula is C30H35ClN8O3. The second-order valence-electron chi connectivity index (χ2n) is 11.4. The molecule has 2 aromatic heterocycles. The van der Waals surface area contributed by atoms with E-state index in [0.717, 1.165) is 52.7 Å². The number of rotatable bonds is 6. The van der Waals surface area contributed by atoms with Gasteiger partial charge in [0, 0.05) is 48.6 Å². The van der Waals surface area contributed by atoms with Crippen LogP contribution in [0.5, 0.6) is 6.01 Å². The molecule has 0 saturated carbocycles. The number of aryl methyl sites for hydroxylation is 1. The van der Waals surface area contributed by atoms with Crippen LogP contribution in [0, 0.1) is 18.3 Å². The first-order valence-corrected chi connectivity index (χ1v) is 14.8. The number of amides is 1. The first-order chi connectivity index (χ1) is 20.3. The van der Waals surface area contributed by atoms with Crippen molar-refractivity contribution in [2.45, 2.75) is 50.7 Å². The lowest BCUT2D eigenvalue weighted by molar-refractivity contribution is 0.0527. The van der Waals surface area contributed by atoms with Crippen LogP contribution >= 0.6 is 11.6 Å². The Kier molecular flexibility index (Phi) is 7.79. The third-order valence-electron chi connectivity index (χ3n) is 9.00. The molecule has 0 bridgehead atoms. The van der Waals surface area contributed by atoms with E-state index in [1.165, 1.54) is 4.90 Å². The normalized spacial score (nSPS) is 22.7. The second kappa shape index (κ2) is 11.5. The molecule has 220 valence electrons. The second-order valence-corrected chi connectivity index (χ2v) is 11.8. The number of aromatic nitrogens is 3. The number of anilines is 1. The molecule has 2 atom stereocenters. The maximum absolute atomic E-state index is 12.5. The number of nitrogens with one attached hydrogen (secondary N) is 1. The molecule has 12 heteroatoms. The van der Waals surface area contributed by atoms with E-state index in [0.29, 0.717) is 43.5 Å². The van der Waals surface area contributed by atoms with E-state index in [2.05, 4.69) is 46.2 Å². The minimum atomic E-state index is -1.15. The van der Waals surface area contributed by atoms with Gasteiger partial charge in [-0.25, -0.2) is 9.78 Å². The van der Waals surface area contributed by atoms with Gasteiger partial charge in [-0.2, -0.15) is 15.2 Å². The van der Waals surface area contributed by atoms with Gasteiger partial charge in [0.15, 0.2) is 0 Å². The van der Waals surface area contributed by atoms with Crippen LogP contribution in [0.2, 0.25) is 5.15 Å². The fourth-order valence-corrected chi connectivity index (χ4v) is 6.96. The maximum atomic E-state index is 12.5. The van der Waals surface area contributed by atoms with Gasteiger partial charge in [0.05, 0.1) is 42.3 Å². The number of carboxylic acid groups (broad SMARTS) is 1. The molecular weight excluding hydrogens is 556 g/mol. The molecule has 5 heterocycles. The molecule has 2 fully saturated rings. The molecule has 3 aliphatic rings. The first-order valence-electron chi connectivity index (χ1n) is 14.4. The molecule has 1 amide bonds. The lowest BCUT2D eigenvalue weighted by Crippen LogP contribution is -2.61. The van der Waals surface area contributed by atoms with E-state index in [1.54, 1.807) is 0 Å². The van der Waals surface area contributed by atoms with Gasteiger partial charge in [-0.1, -0.05) is 29.8 Å². The summed E-state index contributed by atoms with van der Waals surface area (Å²) in [6.45, 7) is 5.68. The van der Waals surface area contributed by atoms with Crippen molar-refractivity contribution < 1.29 is 14.6 Å². The number of hydrogen-bond acceptors (Lipinski definition) is 9. The number of nitriles is 1. The number of likely N-dealkylation sites (tertiary alicyclic amines) is 1. The first kappa shape index (κ1) is 28.4. The summed E-state index contributed by atoms with van der Waals surface area (Å²) >= 11 is 6.48. The summed E-state index contributed by atoms with van der Waals surface area (Å²) in [7, 11) is 2.09. The van der Waals surface area contributed by atoms with Crippen molar-refractivity contribution in [2.75, 3.05) is 51.3 Å². The Balaban J connectivity index is 1.45. The fraction of sp³-hybridized carbons (Fsp3) is 0.500. The van der Waals surface area contributed by atoms with E-state index in [9.17, 15) is 15.2 Å². The smallest absolute Gasteiger partial charge is 0.408 e. The largest absolute Gasteiger partial charge is 0.465 e. The van der Waals surface area contributed by atoms with Gasteiger partial charge in [-0.15, -0.1) is 0 Å². The van der Waals surface area contributed by atoms with Crippen LogP contribution in [0.15, 0.2) is 24.4 Å². The number of fused-ring (bicyclic) bond motifs is 2. The Morgan fingerprint density at radius 1 is 1.31 bits per heavy atom. The quantitative estimate of drug-likeness (QED) is 0.410. The molecule has 0 spiro atoms. The van der Waals surface area contributed by atoms with Crippen LogP contribution in [0.3, 0.4) is 0 Å². The van der Waals surface area contributed by atoms with Gasteiger partial charge in [0.1, 0.15) is 17.3 Å². The highest BCUT2D eigenvalue weighted by atomic mass is 35.5. The molecule has 3 aromatic rings. The molecule has 42 heavy (non-hydrogen) atoms. The van der Waals surface area contributed by atoms with Crippen LogP contribution in [0.25, 0.3) is 10.8 Å². The molecule has 0 aliphatic carbocycles. The number of pyridine rings is 1. The molecule has 6 rings (SSSR count). The summed E-state index contributed by atoms with van der Waals surface area (Å²) in [6.07, 6.45) is 3.44. The molecule has 11 nitrogen and oxygen atoms in total. The van der Waals surface area contributed by atoms with Crippen molar-refractivity contribution in [3.8, 4) is 12.1 Å². The molecule has 2 saturated heterocycles. The van der Waals surface area contributed by atoms with E-state index in [1.807, 2.05) is 18.3 Å². The molecule has 1 unspecified atom stereocenters. The van der Waals surface area contributed by atoms with Crippen molar-refractivity contribution in [3.63, 3.8) is 0 Å². The zero-order chi connectivity index (χ0) is 29.4. The van der Waals surface area contributed by atoms with Gasteiger partial charge in [-0.05, 0) is 45.3 Å². The van der Waals surface area contributed by atoms with Crippen LogP contribution in [0.1, 0.15) is 41.8 Å². The van der Waals surface area contributed by atoms with Gasteiger partial charge in [-0.3, -0.25) is 4.90 Å². The van der Waals surface area contributed by atoms with Crippen molar-refractivity contribution >= 4 is 34.2 Å².